The number of hydrogen-bond donors (Lipinski definition) is 1. The third-order valence-corrected chi connectivity index (χ3v) is 8.04. The smallest absolute Gasteiger partial charge is 0.244 e. The van der Waals surface area contributed by atoms with Gasteiger partial charge in [0.1, 0.15) is 12.6 Å². The zero-order valence-electron chi connectivity index (χ0n) is 21.9. The van der Waals surface area contributed by atoms with Gasteiger partial charge in [-0.15, -0.1) is 0 Å². The fourth-order valence-electron chi connectivity index (χ4n) is 4.55. The molecule has 1 saturated carbocycles. The fourth-order valence-corrected chi connectivity index (χ4v) is 5.40. The van der Waals surface area contributed by atoms with Gasteiger partial charge >= 0.3 is 0 Å². The molecule has 1 aliphatic rings. The third-order valence-electron chi connectivity index (χ3n) is 6.90. The van der Waals surface area contributed by atoms with E-state index in [1.54, 1.807) is 19.1 Å². The highest BCUT2D eigenvalue weighted by atomic mass is 32.2. The molecule has 0 spiro atoms. The second kappa shape index (κ2) is 12.4. The Morgan fingerprint density at radius 3 is 2.11 bits per heavy atom. The third kappa shape index (κ3) is 7.56. The normalized spacial score (nSPS) is 15.2. The van der Waals surface area contributed by atoms with Crippen molar-refractivity contribution in [3.05, 3.63) is 65.2 Å². The van der Waals surface area contributed by atoms with E-state index in [1.165, 1.54) is 11.3 Å². The largest absolute Gasteiger partial charge is 0.352 e. The second-order valence-corrected chi connectivity index (χ2v) is 11.7. The summed E-state index contributed by atoms with van der Waals surface area (Å²) in [6.07, 6.45) is 7.17. The van der Waals surface area contributed by atoms with Crippen molar-refractivity contribution in [2.45, 2.75) is 77.9 Å². The van der Waals surface area contributed by atoms with Crippen LogP contribution in [0.1, 0.15) is 62.6 Å². The number of nitrogens with one attached hydrogen (secondary N) is 1. The minimum absolute atomic E-state index is 0.120. The highest BCUT2D eigenvalue weighted by Gasteiger charge is 2.31. The van der Waals surface area contributed by atoms with Crippen molar-refractivity contribution in [2.75, 3.05) is 17.1 Å². The van der Waals surface area contributed by atoms with Gasteiger partial charge in [-0.3, -0.25) is 13.9 Å². The van der Waals surface area contributed by atoms with Crippen molar-refractivity contribution in [1.29, 1.82) is 0 Å². The lowest BCUT2D eigenvalue weighted by Gasteiger charge is -2.33. The number of aryl methyl sites for hydroxylation is 2. The molecule has 2 amide bonds. The summed E-state index contributed by atoms with van der Waals surface area (Å²) in [4.78, 5) is 28.3. The second-order valence-electron chi connectivity index (χ2n) is 9.82. The summed E-state index contributed by atoms with van der Waals surface area (Å²) >= 11 is 0. The van der Waals surface area contributed by atoms with Crippen molar-refractivity contribution in [3.63, 3.8) is 0 Å². The van der Waals surface area contributed by atoms with Gasteiger partial charge < -0.3 is 10.2 Å². The van der Waals surface area contributed by atoms with Crippen molar-refractivity contribution in [2.24, 2.45) is 0 Å². The van der Waals surface area contributed by atoms with Gasteiger partial charge in [0.25, 0.3) is 0 Å². The lowest BCUT2D eigenvalue weighted by Crippen LogP contribution is -2.52. The average molecular weight is 514 g/mol. The number of hydrogen-bond acceptors (Lipinski definition) is 4. The molecule has 8 heteroatoms. The number of carbonyl (C=O) groups excluding carboxylic acids is 2. The molecule has 36 heavy (non-hydrogen) atoms. The zero-order chi connectivity index (χ0) is 26.3. The van der Waals surface area contributed by atoms with Crippen LogP contribution < -0.4 is 9.62 Å². The fraction of sp³-hybridized carbons (Fsp3) is 0.500. The van der Waals surface area contributed by atoms with E-state index in [-0.39, 0.29) is 25.0 Å². The van der Waals surface area contributed by atoms with Gasteiger partial charge in [-0.05, 0) is 56.4 Å². The van der Waals surface area contributed by atoms with Gasteiger partial charge in [0.2, 0.25) is 21.8 Å². The van der Waals surface area contributed by atoms with Gasteiger partial charge in [-0.1, -0.05) is 68.1 Å². The van der Waals surface area contributed by atoms with Gasteiger partial charge in [-0.2, -0.15) is 0 Å². The molecule has 1 aliphatic carbocycles. The molecule has 0 aromatic heterocycles. The number of carbonyl (C=O) groups is 2. The summed E-state index contributed by atoms with van der Waals surface area (Å²) in [5.41, 5.74) is 3.48. The maximum atomic E-state index is 13.6. The van der Waals surface area contributed by atoms with Crippen LogP contribution in [0.4, 0.5) is 5.69 Å². The predicted molar refractivity (Wildman–Crippen MR) is 144 cm³/mol. The van der Waals surface area contributed by atoms with Gasteiger partial charge in [0.15, 0.2) is 0 Å². The first-order valence-corrected chi connectivity index (χ1v) is 14.7. The van der Waals surface area contributed by atoms with Crippen molar-refractivity contribution in [1.82, 2.24) is 10.2 Å². The van der Waals surface area contributed by atoms with E-state index in [1.807, 2.05) is 50.2 Å². The van der Waals surface area contributed by atoms with E-state index >= 15 is 0 Å². The lowest BCUT2D eigenvalue weighted by atomic mass is 9.95. The Morgan fingerprint density at radius 1 is 0.972 bits per heavy atom. The van der Waals surface area contributed by atoms with Crippen LogP contribution in [0.25, 0.3) is 0 Å². The molecule has 196 valence electrons. The van der Waals surface area contributed by atoms with Crippen LogP contribution in [0.15, 0.2) is 48.5 Å². The summed E-state index contributed by atoms with van der Waals surface area (Å²) in [5.74, 6) is -0.632. The maximum Gasteiger partial charge on any atom is 0.244 e. The highest BCUT2D eigenvalue weighted by Crippen LogP contribution is 2.21. The molecule has 0 unspecified atom stereocenters. The highest BCUT2D eigenvalue weighted by molar-refractivity contribution is 7.92. The molecule has 1 atom stereocenters. The summed E-state index contributed by atoms with van der Waals surface area (Å²) in [6.45, 7) is 5.56. The van der Waals surface area contributed by atoms with Crippen LogP contribution in [0.5, 0.6) is 0 Å². The van der Waals surface area contributed by atoms with Crippen LogP contribution >= 0.6 is 0 Å². The number of sulfonamides is 1. The molecular weight excluding hydrogens is 474 g/mol. The lowest BCUT2D eigenvalue weighted by molar-refractivity contribution is -0.139. The first-order valence-electron chi connectivity index (χ1n) is 12.8. The van der Waals surface area contributed by atoms with Crippen molar-refractivity contribution >= 4 is 27.5 Å². The quantitative estimate of drug-likeness (QED) is 0.516. The van der Waals surface area contributed by atoms with Gasteiger partial charge in [-0.25, -0.2) is 8.42 Å². The van der Waals surface area contributed by atoms with E-state index in [2.05, 4.69) is 5.32 Å². The molecule has 7 nitrogen and oxygen atoms in total. The van der Waals surface area contributed by atoms with Crippen molar-refractivity contribution in [3.8, 4) is 0 Å². The van der Waals surface area contributed by atoms with Gasteiger partial charge in [0.05, 0.1) is 11.9 Å². The number of anilines is 1. The van der Waals surface area contributed by atoms with E-state index in [0.29, 0.717) is 5.69 Å². The number of benzene rings is 2. The summed E-state index contributed by atoms with van der Waals surface area (Å²) < 4.78 is 26.5. The molecule has 0 heterocycles. The number of amides is 2. The average Bonchev–Trinajstić information content (AvgIpc) is 2.86. The molecule has 0 aliphatic heterocycles. The predicted octanol–water partition coefficient (Wildman–Crippen LogP) is 4.19. The number of nitrogens with zero attached hydrogens (tertiary/aromatic N) is 2. The van der Waals surface area contributed by atoms with Crippen LogP contribution in [-0.2, 0) is 32.6 Å². The Morgan fingerprint density at radius 2 is 1.56 bits per heavy atom. The van der Waals surface area contributed by atoms with Crippen LogP contribution in [-0.4, -0.2) is 50.0 Å². The first-order chi connectivity index (χ1) is 17.1. The minimum Gasteiger partial charge on any atom is -0.352 e. The molecule has 1 fully saturated rings. The Balaban J connectivity index is 1.85. The zero-order valence-corrected chi connectivity index (χ0v) is 22.7. The Bertz CT molecular complexity index is 1120. The van der Waals surface area contributed by atoms with E-state index in [9.17, 15) is 18.0 Å². The molecule has 0 saturated heterocycles. The molecular formula is C28H39N3O4S. The standard InChI is InChI=1S/C28H39N3O4S/c1-5-23-15-17-26(18-16-23)31(36(4,34)35)20-27(32)30(19-24-13-11-21(2)12-14-24)22(3)28(33)29-25-9-7-6-8-10-25/h11-18,22,25H,5-10,19-20H2,1-4H3,(H,29,33)/t22-/m1/s1. The van der Waals surface area contributed by atoms with Crippen LogP contribution in [0.3, 0.4) is 0 Å². The number of rotatable bonds is 10. The maximum absolute atomic E-state index is 13.6. The summed E-state index contributed by atoms with van der Waals surface area (Å²) in [6, 6.07) is 14.3. The minimum atomic E-state index is -3.73. The first kappa shape index (κ1) is 27.7. The molecule has 0 bridgehead atoms. The molecule has 0 radical (unpaired) electrons. The molecule has 2 aromatic rings. The van der Waals surface area contributed by atoms with E-state index < -0.39 is 22.0 Å². The Kier molecular flexibility index (Phi) is 9.54. The Labute approximate surface area is 215 Å². The Hall–Kier alpha value is -2.87. The molecule has 2 aromatic carbocycles. The topological polar surface area (TPSA) is 86.8 Å². The molecule has 1 N–H and O–H groups in total. The monoisotopic (exact) mass is 513 g/mol. The van der Waals surface area contributed by atoms with Crippen molar-refractivity contribution < 1.29 is 18.0 Å². The van der Waals surface area contributed by atoms with E-state index in [0.717, 1.165) is 59.4 Å². The molecule has 3 rings (SSSR count). The summed E-state index contributed by atoms with van der Waals surface area (Å²) in [5, 5.41) is 3.11. The van der Waals surface area contributed by atoms with Crippen LogP contribution in [0, 0.1) is 6.92 Å². The van der Waals surface area contributed by atoms with E-state index in [4.69, 9.17) is 0 Å². The summed E-state index contributed by atoms with van der Waals surface area (Å²) in [7, 11) is -3.73. The van der Waals surface area contributed by atoms with Gasteiger partial charge in [0, 0.05) is 12.6 Å². The SMILES string of the molecule is CCc1ccc(N(CC(=O)N(Cc2ccc(C)cc2)[C@H](C)C(=O)NC2CCCCC2)S(C)(=O)=O)cc1. The van der Waals surface area contributed by atoms with Crippen LogP contribution in [0.2, 0.25) is 0 Å².